The molecule has 0 spiro atoms. The largest absolute Gasteiger partial charge is 0.416 e. The summed E-state index contributed by atoms with van der Waals surface area (Å²) in [7, 11) is 0. The second-order valence-corrected chi connectivity index (χ2v) is 8.79. The van der Waals surface area contributed by atoms with Crippen LogP contribution in [-0.2, 0) is 18.0 Å². The van der Waals surface area contributed by atoms with Crippen molar-refractivity contribution in [3.8, 4) is 0 Å². The number of halogens is 3. The van der Waals surface area contributed by atoms with Crippen molar-refractivity contribution in [2.24, 2.45) is 0 Å². The fourth-order valence-electron chi connectivity index (χ4n) is 4.69. The predicted octanol–water partition coefficient (Wildman–Crippen LogP) is 5.11. The zero-order valence-electron chi connectivity index (χ0n) is 18.9. The van der Waals surface area contributed by atoms with Gasteiger partial charge in [-0.3, -0.25) is 9.78 Å². The van der Waals surface area contributed by atoms with Crippen LogP contribution in [0.5, 0.6) is 0 Å². The number of amides is 1. The first-order chi connectivity index (χ1) is 16.4. The van der Waals surface area contributed by atoms with Crippen LogP contribution in [0.15, 0.2) is 79.0 Å². The van der Waals surface area contributed by atoms with E-state index in [9.17, 15) is 18.0 Å². The highest BCUT2D eigenvalue weighted by Crippen LogP contribution is 2.36. The summed E-state index contributed by atoms with van der Waals surface area (Å²) in [5, 5.41) is 3.06. The Morgan fingerprint density at radius 1 is 0.941 bits per heavy atom. The van der Waals surface area contributed by atoms with Crippen molar-refractivity contribution < 1.29 is 18.0 Å². The molecule has 1 aliphatic heterocycles. The maximum Gasteiger partial charge on any atom is 0.416 e. The van der Waals surface area contributed by atoms with Gasteiger partial charge in [-0.1, -0.05) is 54.6 Å². The molecule has 1 saturated heterocycles. The van der Waals surface area contributed by atoms with E-state index >= 15 is 0 Å². The van der Waals surface area contributed by atoms with Gasteiger partial charge in [-0.25, -0.2) is 0 Å². The molecule has 1 amide bonds. The van der Waals surface area contributed by atoms with E-state index in [0.717, 1.165) is 32.0 Å². The number of alkyl halides is 3. The van der Waals surface area contributed by atoms with E-state index in [1.165, 1.54) is 11.6 Å². The van der Waals surface area contributed by atoms with Gasteiger partial charge in [-0.05, 0) is 61.7 Å². The Morgan fingerprint density at radius 3 is 2.29 bits per heavy atom. The van der Waals surface area contributed by atoms with Crippen molar-refractivity contribution in [2.45, 2.75) is 30.9 Å². The van der Waals surface area contributed by atoms with Crippen LogP contribution < -0.4 is 5.32 Å². The number of hydrogen-bond acceptors (Lipinski definition) is 3. The molecule has 1 aliphatic rings. The molecule has 0 saturated carbocycles. The van der Waals surface area contributed by atoms with Gasteiger partial charge in [0.1, 0.15) is 5.69 Å². The number of aromatic nitrogens is 1. The minimum atomic E-state index is -4.34. The van der Waals surface area contributed by atoms with Gasteiger partial charge in [0.2, 0.25) is 0 Å². The number of pyridine rings is 1. The smallest absolute Gasteiger partial charge is 0.350 e. The topological polar surface area (TPSA) is 45.2 Å². The molecule has 0 atom stereocenters. The Balaban J connectivity index is 1.42. The van der Waals surface area contributed by atoms with Crippen molar-refractivity contribution in [1.82, 2.24) is 15.2 Å². The zero-order chi connectivity index (χ0) is 24.0. The normalized spacial score (nSPS) is 16.2. The molecule has 0 radical (unpaired) electrons. The first-order valence-corrected chi connectivity index (χ1v) is 11.5. The van der Waals surface area contributed by atoms with Crippen LogP contribution in [0, 0.1) is 0 Å². The lowest BCUT2D eigenvalue weighted by atomic mass is 9.72. The maximum absolute atomic E-state index is 13.3. The number of piperidine rings is 1. The Kier molecular flexibility index (Phi) is 7.32. The summed E-state index contributed by atoms with van der Waals surface area (Å²) in [6, 6.07) is 21.2. The van der Waals surface area contributed by atoms with E-state index < -0.39 is 11.7 Å². The van der Waals surface area contributed by atoms with Crippen molar-refractivity contribution >= 4 is 5.91 Å². The summed E-state index contributed by atoms with van der Waals surface area (Å²) in [5.41, 5.74) is 1.09. The van der Waals surface area contributed by atoms with Crippen LogP contribution in [0.2, 0.25) is 0 Å². The van der Waals surface area contributed by atoms with Crippen LogP contribution in [0.25, 0.3) is 0 Å². The Bertz CT molecular complexity index is 1080. The van der Waals surface area contributed by atoms with Gasteiger partial charge in [0.15, 0.2) is 0 Å². The number of nitrogens with one attached hydrogen (secondary N) is 1. The van der Waals surface area contributed by atoms with Crippen molar-refractivity contribution in [3.63, 3.8) is 0 Å². The fourth-order valence-corrected chi connectivity index (χ4v) is 4.69. The third-order valence-electron chi connectivity index (χ3n) is 6.70. The molecular weight excluding hydrogens is 439 g/mol. The maximum atomic E-state index is 13.3. The first-order valence-electron chi connectivity index (χ1n) is 11.5. The summed E-state index contributed by atoms with van der Waals surface area (Å²) in [6.07, 6.45) is -0.782. The monoisotopic (exact) mass is 467 g/mol. The SMILES string of the molecule is O=C(NCC1(c2ccccc2)CCN(CCc2ccccc2C(F)(F)F)CC1)c1ccccn1. The predicted molar refractivity (Wildman–Crippen MR) is 126 cm³/mol. The van der Waals surface area contributed by atoms with Gasteiger partial charge in [0.05, 0.1) is 5.56 Å². The zero-order valence-corrected chi connectivity index (χ0v) is 18.9. The number of carbonyl (C=O) groups is 1. The second-order valence-electron chi connectivity index (χ2n) is 8.79. The van der Waals surface area contributed by atoms with Gasteiger partial charge < -0.3 is 10.2 Å². The van der Waals surface area contributed by atoms with Crippen molar-refractivity contribution in [2.75, 3.05) is 26.2 Å². The highest BCUT2D eigenvalue weighted by molar-refractivity contribution is 5.92. The highest BCUT2D eigenvalue weighted by Gasteiger charge is 2.37. The average molecular weight is 468 g/mol. The van der Waals surface area contributed by atoms with Crippen LogP contribution >= 0.6 is 0 Å². The molecule has 2 aromatic carbocycles. The van der Waals surface area contributed by atoms with E-state index in [1.54, 1.807) is 36.5 Å². The van der Waals surface area contributed by atoms with Crippen LogP contribution in [0.3, 0.4) is 0 Å². The third-order valence-corrected chi connectivity index (χ3v) is 6.70. The fraction of sp³-hybridized carbons (Fsp3) is 0.333. The number of likely N-dealkylation sites (tertiary alicyclic amines) is 1. The Hall–Kier alpha value is -3.19. The summed E-state index contributed by atoms with van der Waals surface area (Å²) < 4.78 is 40.0. The molecule has 1 fully saturated rings. The standard InChI is InChI=1S/C27H28F3N3O/c28-27(29,30)23-11-5-4-8-21(23)13-17-33-18-14-26(15-19-33,22-9-2-1-3-10-22)20-32-25(34)24-12-6-7-16-31-24/h1-12,16H,13-15,17-20H2,(H,32,34). The number of hydrogen-bond donors (Lipinski definition) is 1. The van der Waals surface area contributed by atoms with E-state index in [1.807, 2.05) is 18.2 Å². The lowest BCUT2D eigenvalue weighted by Crippen LogP contribution is -2.49. The summed E-state index contributed by atoms with van der Waals surface area (Å²) in [6.45, 7) is 2.56. The van der Waals surface area contributed by atoms with Crippen molar-refractivity contribution in [3.05, 3.63) is 101 Å². The molecule has 4 nitrogen and oxygen atoms in total. The summed E-state index contributed by atoms with van der Waals surface area (Å²) in [4.78, 5) is 19.0. The molecule has 34 heavy (non-hydrogen) atoms. The molecule has 1 N–H and O–H groups in total. The molecule has 1 aromatic heterocycles. The van der Waals surface area contributed by atoms with Crippen LogP contribution in [0.4, 0.5) is 13.2 Å². The van der Waals surface area contributed by atoms with Gasteiger partial charge in [-0.2, -0.15) is 13.2 Å². The molecule has 2 heterocycles. The van der Waals surface area contributed by atoms with Gasteiger partial charge in [0, 0.05) is 24.7 Å². The number of benzene rings is 2. The van der Waals surface area contributed by atoms with E-state index in [2.05, 4.69) is 27.3 Å². The lowest BCUT2D eigenvalue weighted by molar-refractivity contribution is -0.138. The van der Waals surface area contributed by atoms with Gasteiger partial charge in [0.25, 0.3) is 5.91 Å². The van der Waals surface area contributed by atoms with E-state index in [-0.39, 0.29) is 11.3 Å². The molecular formula is C27H28F3N3O. The Morgan fingerprint density at radius 2 is 1.62 bits per heavy atom. The van der Waals surface area contributed by atoms with Crippen LogP contribution in [0.1, 0.15) is 40.0 Å². The highest BCUT2D eigenvalue weighted by atomic mass is 19.4. The minimum absolute atomic E-state index is 0.206. The van der Waals surface area contributed by atoms with Gasteiger partial charge in [-0.15, -0.1) is 0 Å². The van der Waals surface area contributed by atoms with Crippen molar-refractivity contribution in [1.29, 1.82) is 0 Å². The lowest BCUT2D eigenvalue weighted by Gasteiger charge is -2.42. The first kappa shape index (κ1) is 24.0. The molecule has 0 aliphatic carbocycles. The van der Waals surface area contributed by atoms with E-state index in [0.29, 0.717) is 30.8 Å². The third kappa shape index (κ3) is 5.65. The van der Waals surface area contributed by atoms with Gasteiger partial charge >= 0.3 is 6.18 Å². The Labute approximate surface area is 197 Å². The average Bonchev–Trinajstić information content (AvgIpc) is 2.87. The number of rotatable bonds is 7. The molecule has 3 aromatic rings. The molecule has 7 heteroatoms. The van der Waals surface area contributed by atoms with E-state index in [4.69, 9.17) is 0 Å². The van der Waals surface area contributed by atoms with Crippen LogP contribution in [-0.4, -0.2) is 42.0 Å². The summed E-state index contributed by atoms with van der Waals surface area (Å²) >= 11 is 0. The number of carbonyl (C=O) groups excluding carboxylic acids is 1. The molecule has 0 unspecified atom stereocenters. The molecule has 178 valence electrons. The number of nitrogens with zero attached hydrogens (tertiary/aromatic N) is 2. The second kappa shape index (κ2) is 10.4. The minimum Gasteiger partial charge on any atom is -0.350 e. The molecule has 0 bridgehead atoms. The summed E-state index contributed by atoms with van der Waals surface area (Å²) in [5.74, 6) is -0.206. The quantitative estimate of drug-likeness (QED) is 0.526. The molecule has 4 rings (SSSR count).